The van der Waals surface area contributed by atoms with Crippen LogP contribution in [-0.4, -0.2) is 25.7 Å². The lowest BCUT2D eigenvalue weighted by atomic mass is 9.86. The summed E-state index contributed by atoms with van der Waals surface area (Å²) in [6, 6.07) is 6.80. The summed E-state index contributed by atoms with van der Waals surface area (Å²) < 4.78 is 5.91. The highest BCUT2D eigenvalue weighted by molar-refractivity contribution is 5.56. The van der Waals surface area contributed by atoms with E-state index in [1.54, 1.807) is 0 Å². The van der Waals surface area contributed by atoms with Crippen LogP contribution in [-0.2, 0) is 0 Å². The second-order valence-corrected chi connectivity index (χ2v) is 6.40. The fourth-order valence-corrected chi connectivity index (χ4v) is 3.17. The maximum atomic E-state index is 6.08. The topological polar surface area (TPSA) is 38.5 Å². The zero-order valence-electron chi connectivity index (χ0n) is 12.5. The van der Waals surface area contributed by atoms with Crippen LogP contribution in [0.15, 0.2) is 18.2 Å². The van der Waals surface area contributed by atoms with E-state index in [1.165, 1.54) is 36.9 Å². The summed E-state index contributed by atoms with van der Waals surface area (Å²) in [6.45, 7) is 5.15. The fourth-order valence-electron chi connectivity index (χ4n) is 3.17. The minimum Gasteiger partial charge on any atom is -0.493 e. The van der Waals surface area contributed by atoms with Crippen molar-refractivity contribution < 1.29 is 4.74 Å². The molecule has 1 unspecified atom stereocenters. The molecule has 0 bridgehead atoms. The molecule has 2 N–H and O–H groups in total. The van der Waals surface area contributed by atoms with E-state index in [2.05, 4.69) is 30.0 Å². The first-order valence-electron chi connectivity index (χ1n) is 7.96. The van der Waals surface area contributed by atoms with Crippen molar-refractivity contribution in [3.8, 4) is 5.75 Å². The zero-order chi connectivity index (χ0) is 13.9. The van der Waals surface area contributed by atoms with Gasteiger partial charge in [-0.25, -0.2) is 0 Å². The molecule has 1 aliphatic heterocycles. The van der Waals surface area contributed by atoms with E-state index >= 15 is 0 Å². The number of nitrogens with two attached hydrogens (primary N) is 1. The van der Waals surface area contributed by atoms with Gasteiger partial charge in [0, 0.05) is 24.8 Å². The summed E-state index contributed by atoms with van der Waals surface area (Å²) in [5, 5.41) is 0. The lowest BCUT2D eigenvalue weighted by Crippen LogP contribution is -2.43. The van der Waals surface area contributed by atoms with Crippen LogP contribution >= 0.6 is 0 Å². The number of nitrogens with zero attached hydrogens (tertiary/aromatic N) is 1. The molecule has 110 valence electrons. The Morgan fingerprint density at radius 2 is 2.10 bits per heavy atom. The van der Waals surface area contributed by atoms with Crippen LogP contribution < -0.4 is 15.4 Å². The number of aryl methyl sites for hydroxylation is 1. The van der Waals surface area contributed by atoms with Gasteiger partial charge in [-0.2, -0.15) is 0 Å². The van der Waals surface area contributed by atoms with E-state index in [4.69, 9.17) is 10.5 Å². The van der Waals surface area contributed by atoms with Gasteiger partial charge in [-0.1, -0.05) is 6.42 Å². The molecule has 3 heteroatoms. The van der Waals surface area contributed by atoms with Gasteiger partial charge in [0.2, 0.25) is 0 Å². The van der Waals surface area contributed by atoms with Crippen LogP contribution in [0, 0.1) is 12.8 Å². The lowest BCUT2D eigenvalue weighted by Gasteiger charge is -2.33. The first-order valence-corrected chi connectivity index (χ1v) is 7.96. The standard InChI is InChI=1S/C17H26N2O/c1-13-10-16(20-12-14-4-2-5-14)7-8-17(13)19-9-3-6-15(18)11-19/h7-8,10,14-15H,2-6,9,11-12,18H2,1H3. The summed E-state index contributed by atoms with van der Waals surface area (Å²) in [5.41, 5.74) is 8.69. The van der Waals surface area contributed by atoms with E-state index in [-0.39, 0.29) is 0 Å². The van der Waals surface area contributed by atoms with Gasteiger partial charge >= 0.3 is 0 Å². The SMILES string of the molecule is Cc1cc(OCC2CCC2)ccc1N1CCCC(N)C1. The van der Waals surface area contributed by atoms with E-state index in [0.29, 0.717) is 6.04 Å². The predicted molar refractivity (Wildman–Crippen MR) is 83.4 cm³/mol. The Bertz CT molecular complexity index is 456. The second kappa shape index (κ2) is 6.04. The highest BCUT2D eigenvalue weighted by Gasteiger charge is 2.20. The molecule has 1 atom stereocenters. The molecule has 0 spiro atoms. The van der Waals surface area contributed by atoms with Gasteiger partial charge in [0.15, 0.2) is 0 Å². The van der Waals surface area contributed by atoms with Crippen molar-refractivity contribution in [2.45, 2.75) is 45.1 Å². The molecule has 3 rings (SSSR count). The molecular formula is C17H26N2O. The Hall–Kier alpha value is -1.22. The third-order valence-electron chi connectivity index (χ3n) is 4.68. The molecule has 3 nitrogen and oxygen atoms in total. The minimum atomic E-state index is 0.317. The van der Waals surface area contributed by atoms with E-state index < -0.39 is 0 Å². The smallest absolute Gasteiger partial charge is 0.119 e. The molecule has 1 aromatic carbocycles. The van der Waals surface area contributed by atoms with E-state index in [1.807, 2.05) is 0 Å². The van der Waals surface area contributed by atoms with Gasteiger partial charge in [-0.3, -0.25) is 0 Å². The summed E-state index contributed by atoms with van der Waals surface area (Å²) in [4.78, 5) is 2.42. The number of hydrogen-bond acceptors (Lipinski definition) is 3. The molecule has 2 fully saturated rings. The van der Waals surface area contributed by atoms with E-state index in [0.717, 1.165) is 37.8 Å². The highest BCUT2D eigenvalue weighted by Crippen LogP contribution is 2.30. The molecule has 1 saturated heterocycles. The molecular weight excluding hydrogens is 248 g/mol. The van der Waals surface area contributed by atoms with Crippen molar-refractivity contribution in [3.05, 3.63) is 23.8 Å². The fraction of sp³-hybridized carbons (Fsp3) is 0.647. The Labute approximate surface area is 122 Å². The molecule has 0 radical (unpaired) electrons. The molecule has 1 aliphatic carbocycles. The molecule has 1 saturated carbocycles. The van der Waals surface area contributed by atoms with Crippen LogP contribution in [0.3, 0.4) is 0 Å². The quantitative estimate of drug-likeness (QED) is 0.917. The first kappa shape index (κ1) is 13.7. The average molecular weight is 274 g/mol. The maximum absolute atomic E-state index is 6.08. The van der Waals surface area contributed by atoms with Gasteiger partial charge in [0.05, 0.1) is 6.61 Å². The van der Waals surface area contributed by atoms with Crippen molar-refractivity contribution in [3.63, 3.8) is 0 Å². The first-order chi connectivity index (χ1) is 9.72. The summed E-state index contributed by atoms with van der Waals surface area (Å²) in [7, 11) is 0. The molecule has 1 aromatic rings. The summed E-state index contributed by atoms with van der Waals surface area (Å²) >= 11 is 0. The van der Waals surface area contributed by atoms with Crippen LogP contribution in [0.25, 0.3) is 0 Å². The Balaban J connectivity index is 1.63. The Morgan fingerprint density at radius 3 is 2.75 bits per heavy atom. The summed E-state index contributed by atoms with van der Waals surface area (Å²) in [5.74, 6) is 1.80. The number of ether oxygens (including phenoxy) is 1. The van der Waals surface area contributed by atoms with Crippen LogP contribution in [0.4, 0.5) is 5.69 Å². The second-order valence-electron chi connectivity index (χ2n) is 6.40. The van der Waals surface area contributed by atoms with Crippen LogP contribution in [0.2, 0.25) is 0 Å². The van der Waals surface area contributed by atoms with Crippen molar-refractivity contribution in [2.24, 2.45) is 11.7 Å². The number of benzene rings is 1. The average Bonchev–Trinajstić information content (AvgIpc) is 2.37. The van der Waals surface area contributed by atoms with Crippen molar-refractivity contribution >= 4 is 5.69 Å². The Morgan fingerprint density at radius 1 is 1.25 bits per heavy atom. The third kappa shape index (κ3) is 3.09. The van der Waals surface area contributed by atoms with Crippen molar-refractivity contribution in [1.82, 2.24) is 0 Å². The number of rotatable bonds is 4. The van der Waals surface area contributed by atoms with Crippen LogP contribution in [0.1, 0.15) is 37.7 Å². The summed E-state index contributed by atoms with van der Waals surface area (Å²) in [6.07, 6.45) is 6.39. The zero-order valence-corrected chi connectivity index (χ0v) is 12.5. The predicted octanol–water partition coefficient (Wildman–Crippen LogP) is 3.10. The van der Waals surface area contributed by atoms with E-state index in [9.17, 15) is 0 Å². The maximum Gasteiger partial charge on any atom is 0.119 e. The van der Waals surface area contributed by atoms with Crippen molar-refractivity contribution in [2.75, 3.05) is 24.6 Å². The van der Waals surface area contributed by atoms with Crippen LogP contribution in [0.5, 0.6) is 5.75 Å². The Kier molecular flexibility index (Phi) is 4.16. The molecule has 20 heavy (non-hydrogen) atoms. The molecule has 1 heterocycles. The van der Waals surface area contributed by atoms with Crippen molar-refractivity contribution in [1.29, 1.82) is 0 Å². The number of piperidine rings is 1. The van der Waals surface area contributed by atoms with Gasteiger partial charge in [0.25, 0.3) is 0 Å². The molecule has 0 amide bonds. The highest BCUT2D eigenvalue weighted by atomic mass is 16.5. The van der Waals surface area contributed by atoms with Gasteiger partial charge < -0.3 is 15.4 Å². The molecule has 0 aromatic heterocycles. The van der Waals surface area contributed by atoms with Gasteiger partial charge in [-0.15, -0.1) is 0 Å². The third-order valence-corrected chi connectivity index (χ3v) is 4.68. The monoisotopic (exact) mass is 274 g/mol. The number of hydrogen-bond donors (Lipinski definition) is 1. The number of anilines is 1. The lowest BCUT2D eigenvalue weighted by molar-refractivity contribution is 0.180. The van der Waals surface area contributed by atoms with Gasteiger partial charge in [-0.05, 0) is 62.3 Å². The van der Waals surface area contributed by atoms with Gasteiger partial charge in [0.1, 0.15) is 5.75 Å². The largest absolute Gasteiger partial charge is 0.493 e. The normalized spacial score (nSPS) is 23.5. The minimum absolute atomic E-state index is 0.317. The molecule has 2 aliphatic rings.